The SMILES string of the molecule is CCCCCCCCN[C@@H]1C[C@H]2CC[C@@H]1C2. The number of unbranched alkanes of at least 4 members (excludes halogenated alkanes) is 5. The largest absolute Gasteiger partial charge is 0.314 e. The van der Waals surface area contributed by atoms with Gasteiger partial charge < -0.3 is 5.32 Å². The highest BCUT2D eigenvalue weighted by molar-refractivity contribution is 4.93. The molecule has 2 aliphatic carbocycles. The summed E-state index contributed by atoms with van der Waals surface area (Å²) in [6.07, 6.45) is 14.6. The first-order chi connectivity index (χ1) is 7.90. The summed E-state index contributed by atoms with van der Waals surface area (Å²) >= 11 is 0. The van der Waals surface area contributed by atoms with Gasteiger partial charge in [-0.2, -0.15) is 0 Å². The molecule has 0 aromatic carbocycles. The summed E-state index contributed by atoms with van der Waals surface area (Å²) in [5, 5.41) is 3.80. The van der Waals surface area contributed by atoms with Crippen LogP contribution in [0, 0.1) is 11.8 Å². The quantitative estimate of drug-likeness (QED) is 0.610. The minimum Gasteiger partial charge on any atom is -0.314 e. The van der Waals surface area contributed by atoms with E-state index in [0.717, 1.165) is 17.9 Å². The van der Waals surface area contributed by atoms with Crippen molar-refractivity contribution in [2.24, 2.45) is 11.8 Å². The monoisotopic (exact) mass is 223 g/mol. The lowest BCUT2D eigenvalue weighted by atomic mass is 9.95. The Balaban J connectivity index is 1.43. The van der Waals surface area contributed by atoms with E-state index in [1.54, 1.807) is 0 Å². The molecule has 1 heteroatoms. The second-order valence-corrected chi connectivity index (χ2v) is 6.00. The van der Waals surface area contributed by atoms with Crippen molar-refractivity contribution in [3.63, 3.8) is 0 Å². The molecule has 2 rings (SSSR count). The van der Waals surface area contributed by atoms with Gasteiger partial charge in [-0.3, -0.25) is 0 Å². The van der Waals surface area contributed by atoms with E-state index in [1.165, 1.54) is 70.8 Å². The van der Waals surface area contributed by atoms with Crippen molar-refractivity contribution < 1.29 is 0 Å². The molecule has 1 nitrogen and oxygen atoms in total. The number of fused-ring (bicyclic) bond motifs is 2. The van der Waals surface area contributed by atoms with Gasteiger partial charge >= 0.3 is 0 Å². The Hall–Kier alpha value is -0.0400. The summed E-state index contributed by atoms with van der Waals surface area (Å²) in [5.41, 5.74) is 0. The predicted molar refractivity (Wildman–Crippen MR) is 70.6 cm³/mol. The van der Waals surface area contributed by atoms with Gasteiger partial charge in [0.2, 0.25) is 0 Å². The summed E-state index contributed by atoms with van der Waals surface area (Å²) in [7, 11) is 0. The summed E-state index contributed by atoms with van der Waals surface area (Å²) < 4.78 is 0. The molecule has 2 saturated carbocycles. The molecular formula is C15H29N. The Morgan fingerprint density at radius 3 is 2.44 bits per heavy atom. The van der Waals surface area contributed by atoms with Crippen molar-refractivity contribution in [1.29, 1.82) is 0 Å². The molecule has 0 saturated heterocycles. The Morgan fingerprint density at radius 2 is 1.75 bits per heavy atom. The fraction of sp³-hybridized carbons (Fsp3) is 1.00. The van der Waals surface area contributed by atoms with E-state index in [-0.39, 0.29) is 0 Å². The minimum atomic E-state index is 0.898. The first-order valence-corrected chi connectivity index (χ1v) is 7.63. The van der Waals surface area contributed by atoms with Crippen LogP contribution in [0.25, 0.3) is 0 Å². The third-order valence-corrected chi connectivity index (χ3v) is 4.67. The molecule has 0 unspecified atom stereocenters. The average Bonchev–Trinajstić information content (AvgIpc) is 2.90. The molecule has 0 radical (unpaired) electrons. The molecule has 16 heavy (non-hydrogen) atoms. The minimum absolute atomic E-state index is 0.898. The zero-order chi connectivity index (χ0) is 11.2. The van der Waals surface area contributed by atoms with E-state index in [9.17, 15) is 0 Å². The summed E-state index contributed by atoms with van der Waals surface area (Å²) in [6, 6.07) is 0.898. The number of rotatable bonds is 8. The molecule has 0 heterocycles. The maximum atomic E-state index is 3.80. The van der Waals surface area contributed by atoms with E-state index in [0.29, 0.717) is 0 Å². The smallest absolute Gasteiger partial charge is 0.00980 e. The Labute approximate surface area is 101 Å². The van der Waals surface area contributed by atoms with Crippen molar-refractivity contribution in [3.8, 4) is 0 Å². The third-order valence-electron chi connectivity index (χ3n) is 4.67. The van der Waals surface area contributed by atoms with Gasteiger partial charge in [-0.25, -0.2) is 0 Å². The molecule has 0 spiro atoms. The van der Waals surface area contributed by atoms with Crippen molar-refractivity contribution in [1.82, 2.24) is 5.32 Å². The third kappa shape index (κ3) is 3.48. The average molecular weight is 223 g/mol. The van der Waals surface area contributed by atoms with Crippen LogP contribution in [0.2, 0.25) is 0 Å². The van der Waals surface area contributed by atoms with Gasteiger partial charge in [-0.1, -0.05) is 45.4 Å². The zero-order valence-corrected chi connectivity index (χ0v) is 11.0. The van der Waals surface area contributed by atoms with Crippen LogP contribution in [0.4, 0.5) is 0 Å². The lowest BCUT2D eigenvalue weighted by Gasteiger charge is -2.22. The Kier molecular flexibility index (Phi) is 5.15. The van der Waals surface area contributed by atoms with Crippen LogP contribution in [0.1, 0.15) is 71.1 Å². The van der Waals surface area contributed by atoms with E-state index in [2.05, 4.69) is 12.2 Å². The van der Waals surface area contributed by atoms with E-state index >= 15 is 0 Å². The fourth-order valence-corrected chi connectivity index (χ4v) is 3.69. The van der Waals surface area contributed by atoms with Crippen LogP contribution in [-0.2, 0) is 0 Å². The van der Waals surface area contributed by atoms with Crippen LogP contribution in [-0.4, -0.2) is 12.6 Å². The first kappa shape index (κ1) is 12.4. The van der Waals surface area contributed by atoms with Crippen molar-refractivity contribution in [3.05, 3.63) is 0 Å². The van der Waals surface area contributed by atoms with Gasteiger partial charge in [0.1, 0.15) is 0 Å². The van der Waals surface area contributed by atoms with Gasteiger partial charge in [-0.15, -0.1) is 0 Å². The highest BCUT2D eigenvalue weighted by Gasteiger charge is 2.38. The van der Waals surface area contributed by atoms with Crippen LogP contribution < -0.4 is 5.32 Å². The lowest BCUT2D eigenvalue weighted by Crippen LogP contribution is -2.34. The molecule has 1 N–H and O–H groups in total. The molecule has 0 aliphatic heterocycles. The first-order valence-electron chi connectivity index (χ1n) is 7.63. The molecule has 0 aromatic rings. The molecule has 3 atom stereocenters. The molecule has 2 aliphatic rings. The van der Waals surface area contributed by atoms with E-state index < -0.39 is 0 Å². The Bertz CT molecular complexity index is 190. The molecular weight excluding hydrogens is 194 g/mol. The molecule has 0 aromatic heterocycles. The molecule has 0 amide bonds. The van der Waals surface area contributed by atoms with E-state index in [4.69, 9.17) is 0 Å². The van der Waals surface area contributed by atoms with Crippen LogP contribution in [0.15, 0.2) is 0 Å². The van der Waals surface area contributed by atoms with Crippen LogP contribution >= 0.6 is 0 Å². The molecule has 2 bridgehead atoms. The zero-order valence-electron chi connectivity index (χ0n) is 11.0. The Morgan fingerprint density at radius 1 is 0.938 bits per heavy atom. The summed E-state index contributed by atoms with van der Waals surface area (Å²) in [5.74, 6) is 2.14. The fourth-order valence-electron chi connectivity index (χ4n) is 3.69. The number of hydrogen-bond acceptors (Lipinski definition) is 1. The van der Waals surface area contributed by atoms with Gasteiger partial charge in [-0.05, 0) is 44.1 Å². The highest BCUT2D eigenvalue weighted by Crippen LogP contribution is 2.44. The predicted octanol–water partition coefficient (Wildman–Crippen LogP) is 4.13. The normalized spacial score (nSPS) is 32.4. The summed E-state index contributed by atoms with van der Waals surface area (Å²) in [4.78, 5) is 0. The van der Waals surface area contributed by atoms with Crippen molar-refractivity contribution >= 4 is 0 Å². The second kappa shape index (κ2) is 6.64. The van der Waals surface area contributed by atoms with Gasteiger partial charge in [0.05, 0.1) is 0 Å². The molecule has 94 valence electrons. The van der Waals surface area contributed by atoms with Gasteiger partial charge in [0.15, 0.2) is 0 Å². The summed E-state index contributed by atoms with van der Waals surface area (Å²) in [6.45, 7) is 3.57. The number of hydrogen-bond donors (Lipinski definition) is 1. The van der Waals surface area contributed by atoms with E-state index in [1.807, 2.05) is 0 Å². The highest BCUT2D eigenvalue weighted by atomic mass is 14.9. The second-order valence-electron chi connectivity index (χ2n) is 6.00. The standard InChI is InChI=1S/C15H29N/c1-2-3-4-5-6-7-10-16-15-12-13-8-9-14(15)11-13/h13-16H,2-12H2,1H3/t13-,14+,15+/m0/s1. The van der Waals surface area contributed by atoms with Crippen LogP contribution in [0.5, 0.6) is 0 Å². The van der Waals surface area contributed by atoms with Gasteiger partial charge in [0.25, 0.3) is 0 Å². The van der Waals surface area contributed by atoms with Crippen molar-refractivity contribution in [2.45, 2.75) is 77.2 Å². The topological polar surface area (TPSA) is 12.0 Å². The van der Waals surface area contributed by atoms with Gasteiger partial charge in [0, 0.05) is 6.04 Å². The van der Waals surface area contributed by atoms with Crippen molar-refractivity contribution in [2.75, 3.05) is 6.54 Å². The molecule has 2 fully saturated rings. The maximum Gasteiger partial charge on any atom is 0.00980 e. The number of nitrogens with one attached hydrogen (secondary N) is 1. The van der Waals surface area contributed by atoms with Crippen LogP contribution in [0.3, 0.4) is 0 Å². The maximum absolute atomic E-state index is 3.80. The lowest BCUT2D eigenvalue weighted by molar-refractivity contribution is 0.349.